The van der Waals surface area contributed by atoms with Crippen LogP contribution < -0.4 is 20.1 Å². The van der Waals surface area contributed by atoms with Gasteiger partial charge in [-0.3, -0.25) is 9.59 Å². The van der Waals surface area contributed by atoms with E-state index in [2.05, 4.69) is 17.2 Å². The summed E-state index contributed by atoms with van der Waals surface area (Å²) in [6, 6.07) is 10.2. The molecule has 6 nitrogen and oxygen atoms in total. The molecule has 0 aliphatic rings. The second-order valence-electron chi connectivity index (χ2n) is 6.57. The van der Waals surface area contributed by atoms with Gasteiger partial charge in [-0.25, -0.2) is 17.6 Å². The Kier molecular flexibility index (Phi) is 9.52. The lowest BCUT2D eigenvalue weighted by Crippen LogP contribution is -2.32. The summed E-state index contributed by atoms with van der Waals surface area (Å²) in [5.41, 5.74) is 0.0557. The van der Waals surface area contributed by atoms with Crippen LogP contribution in [0.5, 0.6) is 11.5 Å². The number of halogens is 4. The van der Waals surface area contributed by atoms with Gasteiger partial charge in [0, 0.05) is 29.8 Å². The molecule has 32 heavy (non-hydrogen) atoms. The first-order valence-electron chi connectivity index (χ1n) is 9.50. The first-order valence-corrected chi connectivity index (χ1v) is 9.50. The number of amides is 2. The van der Waals surface area contributed by atoms with Crippen molar-refractivity contribution in [2.45, 2.75) is 19.3 Å². The summed E-state index contributed by atoms with van der Waals surface area (Å²) < 4.78 is 60.4. The van der Waals surface area contributed by atoms with Crippen molar-refractivity contribution in [3.8, 4) is 11.5 Å². The molecule has 2 amide bonds. The summed E-state index contributed by atoms with van der Waals surface area (Å²) in [6.45, 7) is 3.22. The monoisotopic (exact) mass is 454 g/mol. The summed E-state index contributed by atoms with van der Waals surface area (Å²) in [5, 5.41) is 5.07. The van der Waals surface area contributed by atoms with E-state index in [0.717, 1.165) is 0 Å². The van der Waals surface area contributed by atoms with Crippen molar-refractivity contribution in [2.24, 2.45) is 0 Å². The number of carbonyl (C=O) groups is 2. The van der Waals surface area contributed by atoms with Crippen molar-refractivity contribution in [3.63, 3.8) is 0 Å². The smallest absolute Gasteiger partial charge is 0.263 e. The maximum absolute atomic E-state index is 12.5. The number of ether oxygens (including phenoxy) is 2. The molecule has 0 spiro atoms. The van der Waals surface area contributed by atoms with Gasteiger partial charge in [-0.15, -0.1) is 0 Å². The lowest BCUT2D eigenvalue weighted by Gasteiger charge is -2.11. The predicted molar refractivity (Wildman–Crippen MR) is 109 cm³/mol. The topological polar surface area (TPSA) is 76.7 Å². The predicted octanol–water partition coefficient (Wildman–Crippen LogP) is 4.16. The molecule has 2 aromatic carbocycles. The molecule has 0 fully saturated rings. The quantitative estimate of drug-likeness (QED) is 0.473. The van der Waals surface area contributed by atoms with Crippen molar-refractivity contribution in [3.05, 3.63) is 71.9 Å². The highest BCUT2D eigenvalue weighted by molar-refractivity contribution is 5.79. The minimum Gasteiger partial charge on any atom is -0.484 e. The van der Waals surface area contributed by atoms with Gasteiger partial charge in [-0.05, 0) is 48.5 Å². The highest BCUT2D eigenvalue weighted by Gasteiger charge is 2.09. The molecule has 0 aliphatic carbocycles. The van der Waals surface area contributed by atoms with Gasteiger partial charge < -0.3 is 20.1 Å². The highest BCUT2D eigenvalue weighted by Crippen LogP contribution is 2.22. The third-order valence-corrected chi connectivity index (χ3v) is 4.07. The molecule has 0 saturated heterocycles. The van der Waals surface area contributed by atoms with E-state index in [4.69, 9.17) is 9.47 Å². The van der Waals surface area contributed by atoms with E-state index < -0.39 is 24.7 Å². The first kappa shape index (κ1) is 24.7. The summed E-state index contributed by atoms with van der Waals surface area (Å²) in [4.78, 5) is 23.6. The Balaban J connectivity index is 1.60. The second kappa shape index (κ2) is 12.3. The van der Waals surface area contributed by atoms with Gasteiger partial charge in [0.1, 0.15) is 11.5 Å². The summed E-state index contributed by atoms with van der Waals surface area (Å²) in [6.07, 6.45) is -4.90. The third-order valence-electron chi connectivity index (χ3n) is 4.07. The minimum atomic E-state index is -2.58. The zero-order valence-corrected chi connectivity index (χ0v) is 17.0. The van der Waals surface area contributed by atoms with E-state index in [1.54, 1.807) is 0 Å². The highest BCUT2D eigenvalue weighted by atomic mass is 19.3. The molecule has 0 radical (unpaired) electrons. The van der Waals surface area contributed by atoms with Crippen molar-refractivity contribution < 1.29 is 36.6 Å². The molecule has 0 unspecified atom stereocenters. The van der Waals surface area contributed by atoms with Crippen LogP contribution in [0.25, 0.3) is 0 Å². The maximum Gasteiger partial charge on any atom is 0.263 e. The van der Waals surface area contributed by atoms with Crippen molar-refractivity contribution in [2.75, 3.05) is 19.8 Å². The number of alkyl halides is 4. The SMILES string of the molecule is C=C(CCNC(=O)COc1ccc(C(F)F)cc1)NC(=O)COc1ccc(C(F)F)cc1. The van der Waals surface area contributed by atoms with Crippen LogP contribution >= 0.6 is 0 Å². The molecule has 0 aromatic heterocycles. The molecule has 2 rings (SSSR count). The van der Waals surface area contributed by atoms with Crippen LogP contribution in [0.2, 0.25) is 0 Å². The largest absolute Gasteiger partial charge is 0.484 e. The molecule has 10 heteroatoms. The van der Waals surface area contributed by atoms with Gasteiger partial charge in [0.15, 0.2) is 13.2 Å². The maximum atomic E-state index is 12.5. The van der Waals surface area contributed by atoms with E-state index in [1.807, 2.05) is 0 Å². The molecule has 0 aliphatic heterocycles. The van der Waals surface area contributed by atoms with Crippen LogP contribution in [-0.2, 0) is 9.59 Å². The van der Waals surface area contributed by atoms with Crippen molar-refractivity contribution in [1.29, 1.82) is 0 Å². The van der Waals surface area contributed by atoms with Gasteiger partial charge >= 0.3 is 0 Å². The zero-order chi connectivity index (χ0) is 23.5. The Labute approximate surface area is 182 Å². The van der Waals surface area contributed by atoms with E-state index in [0.29, 0.717) is 5.70 Å². The average Bonchev–Trinajstić information content (AvgIpc) is 2.76. The molecule has 0 saturated carbocycles. The average molecular weight is 454 g/mol. The van der Waals surface area contributed by atoms with Crippen LogP contribution in [0.4, 0.5) is 17.6 Å². The van der Waals surface area contributed by atoms with E-state index in [9.17, 15) is 27.2 Å². The summed E-state index contributed by atoms with van der Waals surface area (Å²) in [7, 11) is 0. The van der Waals surface area contributed by atoms with Gasteiger partial charge in [0.2, 0.25) is 0 Å². The van der Waals surface area contributed by atoms with Gasteiger partial charge in [-0.2, -0.15) is 0 Å². The Bertz CT molecular complexity index is 903. The van der Waals surface area contributed by atoms with E-state index in [-0.39, 0.29) is 48.8 Å². The fourth-order valence-corrected chi connectivity index (χ4v) is 2.42. The summed E-state index contributed by atoms with van der Waals surface area (Å²) in [5.74, 6) is -0.371. The number of benzene rings is 2. The molecule has 0 atom stereocenters. The van der Waals surface area contributed by atoms with Crippen molar-refractivity contribution in [1.82, 2.24) is 10.6 Å². The number of hydrogen-bond acceptors (Lipinski definition) is 4. The normalized spacial score (nSPS) is 10.7. The fourth-order valence-electron chi connectivity index (χ4n) is 2.42. The minimum absolute atomic E-state index is 0.141. The molecule has 2 aromatic rings. The second-order valence-corrected chi connectivity index (χ2v) is 6.57. The van der Waals surface area contributed by atoms with Crippen LogP contribution in [0.15, 0.2) is 60.8 Å². The Morgan fingerprint density at radius 3 is 1.66 bits per heavy atom. The van der Waals surface area contributed by atoms with Gasteiger partial charge in [0.25, 0.3) is 24.7 Å². The van der Waals surface area contributed by atoms with E-state index in [1.165, 1.54) is 48.5 Å². The molecule has 2 N–H and O–H groups in total. The Morgan fingerprint density at radius 2 is 1.22 bits per heavy atom. The molecule has 0 heterocycles. The Hall–Kier alpha value is -3.56. The molecular formula is C22H22F4N2O4. The zero-order valence-electron chi connectivity index (χ0n) is 17.0. The van der Waals surface area contributed by atoms with Gasteiger partial charge in [0.05, 0.1) is 0 Å². The number of hydrogen-bond donors (Lipinski definition) is 2. The van der Waals surface area contributed by atoms with Crippen LogP contribution in [0, 0.1) is 0 Å². The lowest BCUT2D eigenvalue weighted by molar-refractivity contribution is -0.123. The number of nitrogens with one attached hydrogen (secondary N) is 2. The third kappa shape index (κ3) is 8.66. The number of rotatable bonds is 12. The lowest BCUT2D eigenvalue weighted by atomic mass is 10.2. The molecule has 0 bridgehead atoms. The Morgan fingerprint density at radius 1 is 0.781 bits per heavy atom. The standard InChI is InChI=1S/C22H22F4N2O4/c1-14(28-20(30)13-32-18-8-4-16(5-9-18)22(25)26)10-11-27-19(29)12-31-17-6-2-15(3-7-17)21(23)24/h2-9,21-22H,1,10-13H2,(H,27,29)(H,28,30). The van der Waals surface area contributed by atoms with Crippen molar-refractivity contribution >= 4 is 11.8 Å². The fraction of sp³-hybridized carbons (Fsp3) is 0.273. The van der Waals surface area contributed by atoms with Crippen LogP contribution in [-0.4, -0.2) is 31.6 Å². The molecular weight excluding hydrogens is 432 g/mol. The summed E-state index contributed by atoms with van der Waals surface area (Å²) >= 11 is 0. The number of carbonyl (C=O) groups excluding carboxylic acids is 2. The first-order chi connectivity index (χ1) is 15.2. The van der Waals surface area contributed by atoms with Crippen LogP contribution in [0.1, 0.15) is 30.4 Å². The van der Waals surface area contributed by atoms with Gasteiger partial charge in [-0.1, -0.05) is 6.58 Å². The molecule has 172 valence electrons. The van der Waals surface area contributed by atoms with Crippen LogP contribution in [0.3, 0.4) is 0 Å². The van der Waals surface area contributed by atoms with E-state index >= 15 is 0 Å².